The molecular formula is C13H19NO3. The van der Waals surface area contributed by atoms with Crippen LogP contribution in [0.15, 0.2) is 24.3 Å². The van der Waals surface area contributed by atoms with Crippen LogP contribution in [0.2, 0.25) is 0 Å². The fourth-order valence-electron chi connectivity index (χ4n) is 1.22. The van der Waals surface area contributed by atoms with E-state index in [1.807, 2.05) is 31.2 Å². The van der Waals surface area contributed by atoms with Gasteiger partial charge in [-0.05, 0) is 19.1 Å². The Balaban J connectivity index is 2.04. The highest BCUT2D eigenvalue weighted by atomic mass is 16.5. The standard InChI is InChI=1S/C13H19NO3/c1-11-4-6-12(7-5-11)17-9-3-8-16-10-13(15)14-2/h4-7H,3,8-10H2,1-2H3,(H,14,15). The number of amides is 1. The minimum Gasteiger partial charge on any atom is -0.494 e. The van der Waals surface area contributed by atoms with Crippen molar-refractivity contribution >= 4 is 5.91 Å². The van der Waals surface area contributed by atoms with Crippen LogP contribution in [0.5, 0.6) is 5.75 Å². The first-order valence-corrected chi connectivity index (χ1v) is 5.70. The van der Waals surface area contributed by atoms with Gasteiger partial charge in [-0.25, -0.2) is 0 Å². The third-order valence-electron chi connectivity index (χ3n) is 2.23. The topological polar surface area (TPSA) is 47.6 Å². The first kappa shape index (κ1) is 13.5. The smallest absolute Gasteiger partial charge is 0.245 e. The summed E-state index contributed by atoms with van der Waals surface area (Å²) in [5.41, 5.74) is 1.21. The average molecular weight is 237 g/mol. The van der Waals surface area contributed by atoms with Crippen molar-refractivity contribution in [3.63, 3.8) is 0 Å². The highest BCUT2D eigenvalue weighted by Crippen LogP contribution is 2.11. The Bertz CT molecular complexity index is 335. The molecule has 17 heavy (non-hydrogen) atoms. The maximum atomic E-state index is 10.8. The fourth-order valence-corrected chi connectivity index (χ4v) is 1.22. The van der Waals surface area contributed by atoms with E-state index < -0.39 is 0 Å². The number of ether oxygens (including phenoxy) is 2. The van der Waals surface area contributed by atoms with E-state index >= 15 is 0 Å². The van der Waals surface area contributed by atoms with Gasteiger partial charge in [-0.1, -0.05) is 17.7 Å². The van der Waals surface area contributed by atoms with Crippen LogP contribution < -0.4 is 10.1 Å². The molecule has 0 aromatic heterocycles. The Morgan fingerprint density at radius 1 is 1.24 bits per heavy atom. The lowest BCUT2D eigenvalue weighted by Gasteiger charge is -2.06. The van der Waals surface area contributed by atoms with E-state index in [4.69, 9.17) is 9.47 Å². The number of aryl methyl sites for hydroxylation is 1. The molecule has 0 saturated carbocycles. The van der Waals surface area contributed by atoms with Crippen molar-refractivity contribution in [2.24, 2.45) is 0 Å². The number of carbonyl (C=O) groups excluding carboxylic acids is 1. The van der Waals surface area contributed by atoms with Crippen LogP contribution in [0.1, 0.15) is 12.0 Å². The van der Waals surface area contributed by atoms with E-state index in [0.29, 0.717) is 13.2 Å². The van der Waals surface area contributed by atoms with Gasteiger partial charge in [0.15, 0.2) is 0 Å². The van der Waals surface area contributed by atoms with Gasteiger partial charge in [0.2, 0.25) is 5.91 Å². The van der Waals surface area contributed by atoms with Crippen molar-refractivity contribution in [2.45, 2.75) is 13.3 Å². The summed E-state index contributed by atoms with van der Waals surface area (Å²) in [6.07, 6.45) is 0.769. The van der Waals surface area contributed by atoms with E-state index in [-0.39, 0.29) is 12.5 Å². The number of hydrogen-bond donors (Lipinski definition) is 1. The second-order valence-electron chi connectivity index (χ2n) is 3.74. The zero-order valence-electron chi connectivity index (χ0n) is 10.4. The second-order valence-corrected chi connectivity index (χ2v) is 3.74. The number of nitrogens with one attached hydrogen (secondary N) is 1. The fraction of sp³-hybridized carbons (Fsp3) is 0.462. The monoisotopic (exact) mass is 237 g/mol. The molecule has 0 unspecified atom stereocenters. The zero-order valence-corrected chi connectivity index (χ0v) is 10.4. The van der Waals surface area contributed by atoms with Gasteiger partial charge in [0.1, 0.15) is 12.4 Å². The molecule has 0 aliphatic heterocycles. The Labute approximate surface area is 102 Å². The van der Waals surface area contributed by atoms with Crippen LogP contribution in [0.3, 0.4) is 0 Å². The van der Waals surface area contributed by atoms with E-state index in [0.717, 1.165) is 12.2 Å². The predicted molar refractivity (Wildman–Crippen MR) is 66.2 cm³/mol. The molecule has 1 aromatic rings. The maximum absolute atomic E-state index is 10.8. The van der Waals surface area contributed by atoms with E-state index in [1.54, 1.807) is 7.05 Å². The minimum atomic E-state index is -0.107. The summed E-state index contributed by atoms with van der Waals surface area (Å²) in [4.78, 5) is 10.8. The third kappa shape index (κ3) is 5.92. The van der Waals surface area contributed by atoms with Crippen molar-refractivity contribution < 1.29 is 14.3 Å². The van der Waals surface area contributed by atoms with Crippen molar-refractivity contribution in [1.29, 1.82) is 0 Å². The van der Waals surface area contributed by atoms with Gasteiger partial charge in [0.25, 0.3) is 0 Å². The molecule has 1 amide bonds. The molecule has 1 rings (SSSR count). The van der Waals surface area contributed by atoms with Gasteiger partial charge in [-0.15, -0.1) is 0 Å². The summed E-state index contributed by atoms with van der Waals surface area (Å²) in [6, 6.07) is 7.91. The van der Waals surface area contributed by atoms with Crippen LogP contribution in [-0.2, 0) is 9.53 Å². The second kappa shape index (κ2) is 7.68. The summed E-state index contributed by atoms with van der Waals surface area (Å²) in [6.45, 7) is 3.27. The molecule has 0 saturated heterocycles. The molecule has 0 atom stereocenters. The molecule has 94 valence electrons. The minimum absolute atomic E-state index is 0.107. The van der Waals surface area contributed by atoms with Crippen LogP contribution in [0.4, 0.5) is 0 Å². The first-order chi connectivity index (χ1) is 8.22. The Hall–Kier alpha value is -1.55. The molecule has 1 aromatic carbocycles. The summed E-state index contributed by atoms with van der Waals surface area (Å²) in [5, 5.41) is 2.49. The maximum Gasteiger partial charge on any atom is 0.245 e. The average Bonchev–Trinajstić information content (AvgIpc) is 2.35. The van der Waals surface area contributed by atoms with E-state index in [9.17, 15) is 4.79 Å². The molecule has 0 aliphatic carbocycles. The normalized spacial score (nSPS) is 10.0. The summed E-state index contributed by atoms with van der Waals surface area (Å²) in [5.74, 6) is 0.756. The highest BCUT2D eigenvalue weighted by Gasteiger charge is 1.97. The largest absolute Gasteiger partial charge is 0.494 e. The number of likely N-dealkylation sites (N-methyl/N-ethyl adjacent to an activating group) is 1. The van der Waals surface area contributed by atoms with Gasteiger partial charge < -0.3 is 14.8 Å². The Kier molecular flexibility index (Phi) is 6.10. The van der Waals surface area contributed by atoms with Gasteiger partial charge >= 0.3 is 0 Å². The molecule has 1 N–H and O–H groups in total. The van der Waals surface area contributed by atoms with Gasteiger partial charge in [0, 0.05) is 13.5 Å². The molecule has 4 heteroatoms. The van der Waals surface area contributed by atoms with Gasteiger partial charge in [0.05, 0.1) is 13.2 Å². The van der Waals surface area contributed by atoms with Crippen LogP contribution in [0, 0.1) is 6.92 Å². The van der Waals surface area contributed by atoms with Gasteiger partial charge in [-0.3, -0.25) is 4.79 Å². The number of benzene rings is 1. The molecule has 0 radical (unpaired) electrons. The SMILES string of the molecule is CNC(=O)COCCCOc1ccc(C)cc1. The van der Waals surface area contributed by atoms with Gasteiger partial charge in [-0.2, -0.15) is 0 Å². The first-order valence-electron chi connectivity index (χ1n) is 5.70. The quantitative estimate of drug-likeness (QED) is 0.731. The van der Waals surface area contributed by atoms with Crippen molar-refractivity contribution in [1.82, 2.24) is 5.32 Å². The Morgan fingerprint density at radius 3 is 2.59 bits per heavy atom. The molecular weight excluding hydrogens is 218 g/mol. The molecule has 0 bridgehead atoms. The summed E-state index contributed by atoms with van der Waals surface area (Å²) < 4.78 is 10.7. The van der Waals surface area contributed by atoms with Crippen molar-refractivity contribution in [2.75, 3.05) is 26.9 Å². The number of rotatable bonds is 7. The zero-order chi connectivity index (χ0) is 12.5. The van der Waals surface area contributed by atoms with E-state index in [2.05, 4.69) is 5.32 Å². The van der Waals surface area contributed by atoms with Crippen molar-refractivity contribution in [3.8, 4) is 5.75 Å². The highest BCUT2D eigenvalue weighted by molar-refractivity contribution is 5.76. The Morgan fingerprint density at radius 2 is 1.94 bits per heavy atom. The number of hydrogen-bond acceptors (Lipinski definition) is 3. The van der Waals surface area contributed by atoms with Crippen molar-refractivity contribution in [3.05, 3.63) is 29.8 Å². The van der Waals surface area contributed by atoms with Crippen LogP contribution >= 0.6 is 0 Å². The summed E-state index contributed by atoms with van der Waals surface area (Å²) >= 11 is 0. The molecule has 4 nitrogen and oxygen atoms in total. The predicted octanol–water partition coefficient (Wildman–Crippen LogP) is 1.53. The molecule has 0 aliphatic rings. The van der Waals surface area contributed by atoms with E-state index in [1.165, 1.54) is 5.56 Å². The molecule has 0 spiro atoms. The number of carbonyl (C=O) groups is 1. The lowest BCUT2D eigenvalue weighted by atomic mass is 10.2. The van der Waals surface area contributed by atoms with Crippen LogP contribution in [-0.4, -0.2) is 32.8 Å². The molecule has 0 fully saturated rings. The lowest BCUT2D eigenvalue weighted by Crippen LogP contribution is -2.23. The summed E-state index contributed by atoms with van der Waals surface area (Å²) in [7, 11) is 1.59. The molecule has 0 heterocycles. The third-order valence-corrected chi connectivity index (χ3v) is 2.23. The van der Waals surface area contributed by atoms with Crippen LogP contribution in [0.25, 0.3) is 0 Å². The lowest BCUT2D eigenvalue weighted by molar-refractivity contribution is -0.125.